The number of nitrogen functional groups attached to an aromatic ring is 1. The van der Waals surface area contributed by atoms with E-state index in [0.717, 1.165) is 44.2 Å². The number of hydrogen-bond acceptors (Lipinski definition) is 4. The number of ether oxygens (including phenoxy) is 2. The van der Waals surface area contributed by atoms with Crippen molar-refractivity contribution in [1.29, 1.82) is 0 Å². The van der Waals surface area contributed by atoms with Crippen molar-refractivity contribution in [3.05, 3.63) is 24.3 Å². The molecule has 2 N–H and O–H groups in total. The van der Waals surface area contributed by atoms with Crippen LogP contribution in [0.3, 0.4) is 0 Å². The number of likely N-dealkylation sites (tertiary alicyclic amines) is 1. The van der Waals surface area contributed by atoms with E-state index in [1.165, 1.54) is 19.4 Å². The van der Waals surface area contributed by atoms with E-state index in [4.69, 9.17) is 15.2 Å². The number of anilines is 1. The van der Waals surface area contributed by atoms with Gasteiger partial charge in [-0.15, -0.1) is 0 Å². The molecule has 1 aromatic rings. The summed E-state index contributed by atoms with van der Waals surface area (Å²) in [7, 11) is 0. The van der Waals surface area contributed by atoms with E-state index in [1.54, 1.807) is 0 Å². The zero-order valence-corrected chi connectivity index (χ0v) is 12.4. The van der Waals surface area contributed by atoms with Crippen LogP contribution in [0.2, 0.25) is 0 Å². The van der Waals surface area contributed by atoms with Crippen LogP contribution in [-0.4, -0.2) is 43.9 Å². The second-order valence-electron chi connectivity index (χ2n) is 5.29. The molecule has 2 rings (SSSR count). The Morgan fingerprint density at radius 2 is 2.10 bits per heavy atom. The molecule has 0 aromatic heterocycles. The standard InChI is InChI=1S/C16H26N2O2/c1-2-19-16-5-3-10-18(13-16)11-4-12-20-15-8-6-14(17)7-9-15/h6-9,16H,2-5,10-13,17H2,1H3. The number of hydrogen-bond donors (Lipinski definition) is 1. The zero-order chi connectivity index (χ0) is 14.2. The predicted molar refractivity (Wildman–Crippen MR) is 82.1 cm³/mol. The Hall–Kier alpha value is -1.26. The number of nitrogens with two attached hydrogens (primary N) is 1. The van der Waals surface area contributed by atoms with Crippen molar-refractivity contribution in [2.45, 2.75) is 32.3 Å². The van der Waals surface area contributed by atoms with Crippen molar-refractivity contribution in [3.8, 4) is 5.75 Å². The van der Waals surface area contributed by atoms with Crippen LogP contribution in [0.4, 0.5) is 5.69 Å². The molecule has 1 aromatic carbocycles. The summed E-state index contributed by atoms with van der Waals surface area (Å²) in [5.41, 5.74) is 6.41. The summed E-state index contributed by atoms with van der Waals surface area (Å²) in [5.74, 6) is 0.894. The molecule has 1 unspecified atom stereocenters. The second-order valence-corrected chi connectivity index (χ2v) is 5.29. The molecular formula is C16H26N2O2. The highest BCUT2D eigenvalue weighted by molar-refractivity contribution is 5.41. The molecule has 4 heteroatoms. The molecule has 1 atom stereocenters. The lowest BCUT2D eigenvalue weighted by molar-refractivity contribution is 0.00491. The molecule has 0 aliphatic carbocycles. The monoisotopic (exact) mass is 278 g/mol. The highest BCUT2D eigenvalue weighted by Crippen LogP contribution is 2.15. The maximum Gasteiger partial charge on any atom is 0.119 e. The van der Waals surface area contributed by atoms with E-state index in [-0.39, 0.29) is 0 Å². The van der Waals surface area contributed by atoms with Gasteiger partial charge in [0.25, 0.3) is 0 Å². The third kappa shape index (κ3) is 5.02. The van der Waals surface area contributed by atoms with Gasteiger partial charge in [-0.1, -0.05) is 0 Å². The van der Waals surface area contributed by atoms with Crippen LogP contribution >= 0.6 is 0 Å². The van der Waals surface area contributed by atoms with Crippen LogP contribution in [-0.2, 0) is 4.74 Å². The molecule has 0 radical (unpaired) electrons. The van der Waals surface area contributed by atoms with Crippen molar-refractivity contribution in [1.82, 2.24) is 4.90 Å². The van der Waals surface area contributed by atoms with Crippen LogP contribution in [0.1, 0.15) is 26.2 Å². The molecule has 1 fully saturated rings. The first-order valence-electron chi connectivity index (χ1n) is 7.60. The second kappa shape index (κ2) is 8.12. The minimum atomic E-state index is 0.423. The average molecular weight is 278 g/mol. The Kier molecular flexibility index (Phi) is 6.15. The molecule has 1 saturated heterocycles. The lowest BCUT2D eigenvalue weighted by Gasteiger charge is -2.32. The summed E-state index contributed by atoms with van der Waals surface area (Å²) in [6.07, 6.45) is 3.91. The fraction of sp³-hybridized carbons (Fsp3) is 0.625. The fourth-order valence-electron chi connectivity index (χ4n) is 2.63. The van der Waals surface area contributed by atoms with E-state index in [0.29, 0.717) is 6.10 Å². The van der Waals surface area contributed by atoms with Gasteiger partial charge < -0.3 is 20.1 Å². The maximum absolute atomic E-state index is 5.72. The molecule has 0 bridgehead atoms. The van der Waals surface area contributed by atoms with Crippen LogP contribution in [0.5, 0.6) is 5.75 Å². The lowest BCUT2D eigenvalue weighted by Crippen LogP contribution is -2.40. The largest absolute Gasteiger partial charge is 0.494 e. The van der Waals surface area contributed by atoms with E-state index in [2.05, 4.69) is 11.8 Å². The predicted octanol–water partition coefficient (Wildman–Crippen LogP) is 2.54. The molecule has 1 heterocycles. The minimum absolute atomic E-state index is 0.423. The van der Waals surface area contributed by atoms with Crippen molar-refractivity contribution in [3.63, 3.8) is 0 Å². The van der Waals surface area contributed by atoms with Crippen LogP contribution in [0.25, 0.3) is 0 Å². The highest BCUT2D eigenvalue weighted by Gasteiger charge is 2.19. The van der Waals surface area contributed by atoms with Gasteiger partial charge in [-0.25, -0.2) is 0 Å². The van der Waals surface area contributed by atoms with E-state index in [1.807, 2.05) is 24.3 Å². The Labute approximate surface area is 121 Å². The van der Waals surface area contributed by atoms with Crippen molar-refractivity contribution < 1.29 is 9.47 Å². The highest BCUT2D eigenvalue weighted by atomic mass is 16.5. The van der Waals surface area contributed by atoms with E-state index >= 15 is 0 Å². The normalized spacial score (nSPS) is 19.9. The van der Waals surface area contributed by atoms with Gasteiger partial charge >= 0.3 is 0 Å². The summed E-state index contributed by atoms with van der Waals surface area (Å²) < 4.78 is 11.4. The van der Waals surface area contributed by atoms with Gasteiger partial charge in [0.2, 0.25) is 0 Å². The summed E-state index contributed by atoms with van der Waals surface area (Å²) in [4.78, 5) is 2.48. The quantitative estimate of drug-likeness (QED) is 0.615. The van der Waals surface area contributed by atoms with Crippen LogP contribution < -0.4 is 10.5 Å². The van der Waals surface area contributed by atoms with E-state index < -0.39 is 0 Å². The van der Waals surface area contributed by atoms with Crippen molar-refractivity contribution >= 4 is 5.69 Å². The third-order valence-corrected chi connectivity index (χ3v) is 3.63. The molecular weight excluding hydrogens is 252 g/mol. The number of rotatable bonds is 7. The maximum atomic E-state index is 5.72. The zero-order valence-electron chi connectivity index (χ0n) is 12.4. The summed E-state index contributed by atoms with van der Waals surface area (Å²) in [5, 5.41) is 0. The van der Waals surface area contributed by atoms with Gasteiger partial charge in [-0.05, 0) is 57.0 Å². The first kappa shape index (κ1) is 15.1. The molecule has 0 amide bonds. The minimum Gasteiger partial charge on any atom is -0.494 e. The third-order valence-electron chi connectivity index (χ3n) is 3.63. The molecule has 0 spiro atoms. The molecule has 1 aliphatic rings. The van der Waals surface area contributed by atoms with Crippen molar-refractivity contribution in [2.75, 3.05) is 38.6 Å². The van der Waals surface area contributed by atoms with E-state index in [9.17, 15) is 0 Å². The number of piperidine rings is 1. The average Bonchev–Trinajstić information content (AvgIpc) is 2.46. The topological polar surface area (TPSA) is 47.7 Å². The Morgan fingerprint density at radius 1 is 1.30 bits per heavy atom. The number of nitrogens with zero attached hydrogens (tertiary/aromatic N) is 1. The molecule has 1 aliphatic heterocycles. The number of benzene rings is 1. The molecule has 20 heavy (non-hydrogen) atoms. The summed E-state index contributed by atoms with van der Waals surface area (Å²) in [6, 6.07) is 7.57. The smallest absolute Gasteiger partial charge is 0.119 e. The Balaban J connectivity index is 1.62. The van der Waals surface area contributed by atoms with Gasteiger partial charge in [0.05, 0.1) is 12.7 Å². The van der Waals surface area contributed by atoms with Crippen LogP contribution in [0, 0.1) is 0 Å². The lowest BCUT2D eigenvalue weighted by atomic mass is 10.1. The fourth-order valence-corrected chi connectivity index (χ4v) is 2.63. The van der Waals surface area contributed by atoms with Gasteiger partial charge in [0.1, 0.15) is 5.75 Å². The first-order valence-corrected chi connectivity index (χ1v) is 7.60. The van der Waals surface area contributed by atoms with Gasteiger partial charge in [-0.3, -0.25) is 0 Å². The first-order chi connectivity index (χ1) is 9.78. The summed E-state index contributed by atoms with van der Waals surface area (Å²) in [6.45, 7) is 6.97. The Bertz CT molecular complexity index is 379. The van der Waals surface area contributed by atoms with Gasteiger partial charge in [0, 0.05) is 25.4 Å². The molecule has 4 nitrogen and oxygen atoms in total. The van der Waals surface area contributed by atoms with Crippen molar-refractivity contribution in [2.24, 2.45) is 0 Å². The molecule has 0 saturated carbocycles. The SMILES string of the molecule is CCOC1CCCN(CCCOc2ccc(N)cc2)C1. The Morgan fingerprint density at radius 3 is 2.85 bits per heavy atom. The molecule has 112 valence electrons. The van der Waals surface area contributed by atoms with Gasteiger partial charge in [0.15, 0.2) is 0 Å². The summed E-state index contributed by atoms with van der Waals surface area (Å²) >= 11 is 0. The van der Waals surface area contributed by atoms with Crippen LogP contribution in [0.15, 0.2) is 24.3 Å². The van der Waals surface area contributed by atoms with Gasteiger partial charge in [-0.2, -0.15) is 0 Å².